The Morgan fingerprint density at radius 3 is 2.75 bits per heavy atom. The number of carboxylic acids is 1. The zero-order valence-corrected chi connectivity index (χ0v) is 6.95. The minimum absolute atomic E-state index is 0.250. The Balaban J connectivity index is 2.93. The highest BCUT2D eigenvalue weighted by atomic mass is 35.5. The fourth-order valence-corrected chi connectivity index (χ4v) is 0.921. The Morgan fingerprint density at radius 1 is 1.42 bits per heavy atom. The molecule has 0 atom stereocenters. The normalized spacial score (nSPS) is 19.1. The molecule has 0 aromatic rings. The van der Waals surface area contributed by atoms with Crippen molar-refractivity contribution in [2.75, 3.05) is 0 Å². The molecule has 0 heterocycles. The van der Waals surface area contributed by atoms with E-state index in [9.17, 15) is 4.79 Å². The highest BCUT2D eigenvalue weighted by Crippen LogP contribution is 2.10. The van der Waals surface area contributed by atoms with E-state index in [0.29, 0.717) is 0 Å². The van der Waals surface area contributed by atoms with E-state index >= 15 is 0 Å². The topological polar surface area (TPSA) is 37.3 Å². The summed E-state index contributed by atoms with van der Waals surface area (Å²) in [6.45, 7) is 0. The molecule has 0 aromatic heterocycles. The number of allylic oxidation sites excluding steroid dienone is 5. The van der Waals surface area contributed by atoms with Gasteiger partial charge in [-0.25, -0.2) is 4.79 Å². The van der Waals surface area contributed by atoms with E-state index in [1.165, 1.54) is 17.7 Å². The van der Waals surface area contributed by atoms with Crippen molar-refractivity contribution in [3.63, 3.8) is 0 Å². The van der Waals surface area contributed by atoms with Crippen molar-refractivity contribution < 1.29 is 9.90 Å². The lowest BCUT2D eigenvalue weighted by Gasteiger charge is -1.89. The van der Waals surface area contributed by atoms with Crippen LogP contribution in [-0.4, -0.2) is 11.1 Å². The molecule has 62 valence electrons. The molecule has 3 heteroatoms. The third kappa shape index (κ3) is 2.10. The van der Waals surface area contributed by atoms with E-state index in [-0.39, 0.29) is 5.57 Å². The van der Waals surface area contributed by atoms with Gasteiger partial charge in [0.25, 0.3) is 0 Å². The van der Waals surface area contributed by atoms with Crippen molar-refractivity contribution in [1.82, 2.24) is 0 Å². The third-order valence-electron chi connectivity index (χ3n) is 1.39. The minimum atomic E-state index is -0.938. The lowest BCUT2D eigenvalue weighted by atomic mass is 10.2. The van der Waals surface area contributed by atoms with Crippen molar-refractivity contribution in [1.29, 1.82) is 0 Å². The van der Waals surface area contributed by atoms with Crippen molar-refractivity contribution in [3.8, 4) is 0 Å². The van der Waals surface area contributed by atoms with Crippen LogP contribution in [0.5, 0.6) is 0 Å². The number of halogens is 1. The first-order valence-electron chi connectivity index (χ1n) is 3.34. The Hall–Kier alpha value is -1.28. The molecule has 0 amide bonds. The molecule has 0 fully saturated rings. The third-order valence-corrected chi connectivity index (χ3v) is 1.64. The molecule has 0 bridgehead atoms. The van der Waals surface area contributed by atoms with Gasteiger partial charge in [0.1, 0.15) is 0 Å². The second-order valence-corrected chi connectivity index (χ2v) is 2.45. The van der Waals surface area contributed by atoms with E-state index in [0.717, 1.165) is 5.57 Å². The summed E-state index contributed by atoms with van der Waals surface area (Å²) in [6.07, 6.45) is 8.07. The van der Waals surface area contributed by atoms with Crippen LogP contribution in [0.15, 0.2) is 47.1 Å². The molecule has 1 N–H and O–H groups in total. The van der Waals surface area contributed by atoms with Crippen LogP contribution in [0.25, 0.3) is 0 Å². The van der Waals surface area contributed by atoms with Crippen LogP contribution in [0.3, 0.4) is 0 Å². The minimum Gasteiger partial charge on any atom is -0.478 e. The number of hydrogen-bond donors (Lipinski definition) is 1. The number of carbonyl (C=O) groups is 1. The van der Waals surface area contributed by atoms with Crippen LogP contribution in [0.2, 0.25) is 0 Å². The molecule has 0 aromatic carbocycles. The maximum atomic E-state index is 10.5. The van der Waals surface area contributed by atoms with Crippen LogP contribution in [0, 0.1) is 0 Å². The number of aliphatic carboxylic acids is 1. The maximum absolute atomic E-state index is 10.5. The molecular formula is C9H7ClO2. The first-order valence-corrected chi connectivity index (χ1v) is 3.78. The molecular weight excluding hydrogens is 176 g/mol. The molecule has 12 heavy (non-hydrogen) atoms. The molecule has 1 aliphatic rings. The monoisotopic (exact) mass is 182 g/mol. The fourth-order valence-electron chi connectivity index (χ4n) is 0.775. The average molecular weight is 183 g/mol. The Bertz CT molecular complexity index is 308. The van der Waals surface area contributed by atoms with Gasteiger partial charge < -0.3 is 5.11 Å². The second-order valence-electron chi connectivity index (χ2n) is 2.23. The second kappa shape index (κ2) is 3.93. The summed E-state index contributed by atoms with van der Waals surface area (Å²) in [5.41, 5.74) is 2.43. The first kappa shape index (κ1) is 8.81. The Labute approximate surface area is 75.2 Å². The van der Waals surface area contributed by atoms with Gasteiger partial charge in [-0.1, -0.05) is 29.8 Å². The van der Waals surface area contributed by atoms with Gasteiger partial charge in [0, 0.05) is 5.54 Å². The molecule has 0 unspecified atom stereocenters. The van der Waals surface area contributed by atoms with E-state index in [1.54, 1.807) is 18.2 Å². The van der Waals surface area contributed by atoms with Gasteiger partial charge in [0.2, 0.25) is 0 Å². The van der Waals surface area contributed by atoms with Crippen LogP contribution in [0.4, 0.5) is 0 Å². The molecule has 0 aliphatic heterocycles. The zero-order chi connectivity index (χ0) is 8.97. The van der Waals surface area contributed by atoms with Crippen molar-refractivity contribution in [2.45, 2.75) is 0 Å². The van der Waals surface area contributed by atoms with Crippen LogP contribution >= 0.6 is 11.6 Å². The molecule has 1 rings (SSSR count). The number of hydrogen-bond acceptors (Lipinski definition) is 1. The standard InChI is InChI=1S/C9H7ClO2/c10-6-7-2-1-3-8(5-4-7)9(11)12/h1-6H,(H,11,12)/b7-6+. The van der Waals surface area contributed by atoms with Gasteiger partial charge in [-0.05, 0) is 17.7 Å². The van der Waals surface area contributed by atoms with Crippen LogP contribution < -0.4 is 0 Å². The van der Waals surface area contributed by atoms with Gasteiger partial charge >= 0.3 is 5.97 Å². The summed E-state index contributed by atoms with van der Waals surface area (Å²) in [7, 11) is 0. The van der Waals surface area contributed by atoms with Crippen LogP contribution in [0.1, 0.15) is 0 Å². The number of carboxylic acid groups (broad SMARTS) is 1. The van der Waals surface area contributed by atoms with Gasteiger partial charge in [-0.3, -0.25) is 0 Å². The van der Waals surface area contributed by atoms with Crippen molar-refractivity contribution in [3.05, 3.63) is 47.1 Å². The maximum Gasteiger partial charge on any atom is 0.335 e. The highest BCUT2D eigenvalue weighted by Gasteiger charge is 2.02. The first-order chi connectivity index (χ1) is 5.74. The van der Waals surface area contributed by atoms with E-state index < -0.39 is 5.97 Å². The lowest BCUT2D eigenvalue weighted by Crippen LogP contribution is -1.96. The van der Waals surface area contributed by atoms with Gasteiger partial charge in [0.15, 0.2) is 0 Å². The van der Waals surface area contributed by atoms with Crippen molar-refractivity contribution >= 4 is 17.6 Å². The van der Waals surface area contributed by atoms with Gasteiger partial charge in [0.05, 0.1) is 5.57 Å². The molecule has 1 aliphatic carbocycles. The average Bonchev–Trinajstić information content (AvgIpc) is 2.28. The van der Waals surface area contributed by atoms with Gasteiger partial charge in [-0.2, -0.15) is 0 Å². The Kier molecular flexibility index (Phi) is 2.88. The predicted octanol–water partition coefficient (Wildman–Crippen LogP) is 2.25. The molecule has 2 nitrogen and oxygen atoms in total. The highest BCUT2D eigenvalue weighted by molar-refractivity contribution is 6.26. The summed E-state index contributed by atoms with van der Waals surface area (Å²) < 4.78 is 0. The smallest absolute Gasteiger partial charge is 0.335 e. The molecule has 0 spiro atoms. The molecule has 0 saturated carbocycles. The van der Waals surface area contributed by atoms with E-state index in [2.05, 4.69) is 0 Å². The van der Waals surface area contributed by atoms with E-state index in [4.69, 9.17) is 16.7 Å². The molecule has 0 saturated heterocycles. The zero-order valence-electron chi connectivity index (χ0n) is 6.20. The predicted molar refractivity (Wildman–Crippen MR) is 47.9 cm³/mol. The number of rotatable bonds is 1. The van der Waals surface area contributed by atoms with E-state index in [1.807, 2.05) is 0 Å². The SMILES string of the molecule is O=C(O)C1=CC=C/C(=C\Cl)C=C1. The summed E-state index contributed by atoms with van der Waals surface area (Å²) in [4.78, 5) is 10.5. The summed E-state index contributed by atoms with van der Waals surface area (Å²) in [5.74, 6) is -0.938. The fraction of sp³-hybridized carbons (Fsp3) is 0. The van der Waals surface area contributed by atoms with Crippen molar-refractivity contribution in [2.24, 2.45) is 0 Å². The quantitative estimate of drug-likeness (QED) is 0.676. The molecule has 0 radical (unpaired) electrons. The summed E-state index contributed by atoms with van der Waals surface area (Å²) >= 11 is 5.45. The largest absolute Gasteiger partial charge is 0.478 e. The van der Waals surface area contributed by atoms with Crippen LogP contribution in [-0.2, 0) is 4.79 Å². The summed E-state index contributed by atoms with van der Waals surface area (Å²) in [6, 6.07) is 0. The van der Waals surface area contributed by atoms with Gasteiger partial charge in [-0.15, -0.1) is 0 Å². The lowest BCUT2D eigenvalue weighted by molar-refractivity contribution is -0.132. The Morgan fingerprint density at radius 2 is 2.17 bits per heavy atom. The summed E-state index contributed by atoms with van der Waals surface area (Å²) in [5, 5.41) is 8.62.